The van der Waals surface area contributed by atoms with Crippen molar-refractivity contribution < 1.29 is 31.9 Å². The van der Waals surface area contributed by atoms with E-state index >= 15 is 4.39 Å². The predicted molar refractivity (Wildman–Crippen MR) is 133 cm³/mol. The van der Waals surface area contributed by atoms with E-state index in [0.717, 1.165) is 15.8 Å². The molecule has 0 bridgehead atoms. The molecular formula is C24H17ClF4N11O2+. The van der Waals surface area contributed by atoms with E-state index in [4.69, 9.17) is 16.0 Å². The Kier molecular flexibility index (Phi) is 6.64. The van der Waals surface area contributed by atoms with E-state index in [1.807, 2.05) is 0 Å². The fourth-order valence-electron chi connectivity index (χ4n) is 4.40. The summed E-state index contributed by atoms with van der Waals surface area (Å²) in [4.78, 5) is 4.22. The van der Waals surface area contributed by atoms with Crippen LogP contribution in [-0.2, 0) is 19.6 Å². The van der Waals surface area contributed by atoms with E-state index in [1.54, 1.807) is 28.8 Å². The Morgan fingerprint density at radius 3 is 2.60 bits per heavy atom. The van der Waals surface area contributed by atoms with E-state index in [2.05, 4.69) is 35.7 Å². The molecule has 0 fully saturated rings. The Bertz CT molecular complexity index is 1880. The van der Waals surface area contributed by atoms with Crippen molar-refractivity contribution in [3.05, 3.63) is 89.9 Å². The summed E-state index contributed by atoms with van der Waals surface area (Å²) in [5.74, 6) is -0.140. The molecule has 0 aliphatic carbocycles. The fourth-order valence-corrected chi connectivity index (χ4v) is 4.55. The molecule has 42 heavy (non-hydrogen) atoms. The first kappa shape index (κ1) is 27.0. The van der Waals surface area contributed by atoms with Crippen LogP contribution in [0, 0.1) is 5.82 Å². The van der Waals surface area contributed by atoms with E-state index in [0.29, 0.717) is 17.6 Å². The van der Waals surface area contributed by atoms with Gasteiger partial charge in [-0.05, 0) is 18.2 Å². The summed E-state index contributed by atoms with van der Waals surface area (Å²) in [6, 6.07) is 4.72. The number of aromatic nitrogens is 11. The van der Waals surface area contributed by atoms with Crippen LogP contribution in [0.4, 0.5) is 17.6 Å². The lowest BCUT2D eigenvalue weighted by Gasteiger charge is -2.14. The molecule has 6 rings (SSSR count). The normalized spacial score (nSPS) is 12.6. The van der Waals surface area contributed by atoms with Crippen molar-refractivity contribution in [1.82, 2.24) is 49.7 Å². The maximum absolute atomic E-state index is 15.4. The topological polar surface area (TPSA) is 142 Å². The first-order valence-electron chi connectivity index (χ1n) is 12.0. The predicted octanol–water partition coefficient (Wildman–Crippen LogP) is 3.48. The molecule has 0 radical (unpaired) electrons. The van der Waals surface area contributed by atoms with Gasteiger partial charge in [-0.15, -0.1) is 15.3 Å². The van der Waals surface area contributed by atoms with Crippen molar-refractivity contribution in [2.45, 2.75) is 18.6 Å². The average molecular weight is 603 g/mol. The molecular weight excluding hydrogens is 586 g/mol. The van der Waals surface area contributed by atoms with Gasteiger partial charge in [0.25, 0.3) is 5.69 Å². The molecule has 0 spiro atoms. The third-order valence-electron chi connectivity index (χ3n) is 6.36. The first-order chi connectivity index (χ1) is 20.1. The summed E-state index contributed by atoms with van der Waals surface area (Å²) < 4.78 is 64.8. The monoisotopic (exact) mass is 602 g/mol. The van der Waals surface area contributed by atoms with Crippen LogP contribution in [0.1, 0.15) is 23.3 Å². The Hall–Kier alpha value is -5.19. The molecule has 5 aromatic heterocycles. The van der Waals surface area contributed by atoms with Gasteiger partial charge >= 0.3 is 6.18 Å². The molecule has 0 saturated heterocycles. The molecule has 1 N–H and O–H groups in total. The van der Waals surface area contributed by atoms with Crippen LogP contribution in [0.2, 0.25) is 5.02 Å². The maximum atomic E-state index is 15.4. The SMILES string of the molecule is Cn1ncnc1-c1cnn(C(Cc2nnco2)c2ccc(-c3c(-n4cc(C(F)(F)F)nn4)ccc(Cl)c3F)c[n+]2O)c1. The van der Waals surface area contributed by atoms with Gasteiger partial charge in [0.05, 0.1) is 46.2 Å². The summed E-state index contributed by atoms with van der Waals surface area (Å²) in [7, 11) is 1.72. The second-order valence-electron chi connectivity index (χ2n) is 8.96. The summed E-state index contributed by atoms with van der Waals surface area (Å²) in [6.45, 7) is 0. The maximum Gasteiger partial charge on any atom is 0.436 e. The highest BCUT2D eigenvalue weighted by Gasteiger charge is 2.35. The Balaban J connectivity index is 1.43. The number of nitrogens with zero attached hydrogens (tertiary/aromatic N) is 11. The molecule has 0 amide bonds. The van der Waals surface area contributed by atoms with Crippen molar-refractivity contribution in [1.29, 1.82) is 0 Å². The van der Waals surface area contributed by atoms with Crippen LogP contribution in [0.5, 0.6) is 0 Å². The zero-order valence-corrected chi connectivity index (χ0v) is 22.0. The molecule has 1 atom stereocenters. The highest BCUT2D eigenvalue weighted by atomic mass is 35.5. The van der Waals surface area contributed by atoms with Crippen LogP contribution in [0.3, 0.4) is 0 Å². The molecule has 1 unspecified atom stereocenters. The number of aryl methyl sites for hydroxylation is 1. The minimum atomic E-state index is -4.76. The lowest BCUT2D eigenvalue weighted by atomic mass is 10.0. The van der Waals surface area contributed by atoms with Gasteiger partial charge in [0.15, 0.2) is 17.3 Å². The van der Waals surface area contributed by atoms with Crippen LogP contribution < -0.4 is 4.73 Å². The van der Waals surface area contributed by atoms with E-state index in [1.165, 1.54) is 36.8 Å². The first-order valence-corrected chi connectivity index (χ1v) is 12.3. The van der Waals surface area contributed by atoms with Gasteiger partial charge in [-0.2, -0.15) is 23.4 Å². The second-order valence-corrected chi connectivity index (χ2v) is 9.36. The number of alkyl halides is 3. The highest BCUT2D eigenvalue weighted by molar-refractivity contribution is 6.31. The van der Waals surface area contributed by atoms with Crippen molar-refractivity contribution >= 4 is 11.6 Å². The molecule has 0 saturated carbocycles. The van der Waals surface area contributed by atoms with E-state index in [9.17, 15) is 18.4 Å². The van der Waals surface area contributed by atoms with Crippen LogP contribution >= 0.6 is 11.6 Å². The molecule has 18 heteroatoms. The van der Waals surface area contributed by atoms with Crippen molar-refractivity contribution in [3.63, 3.8) is 0 Å². The molecule has 6 aromatic rings. The highest BCUT2D eigenvalue weighted by Crippen LogP contribution is 2.35. The molecule has 0 aliphatic heterocycles. The summed E-state index contributed by atoms with van der Waals surface area (Å²) >= 11 is 6.02. The van der Waals surface area contributed by atoms with Crippen molar-refractivity contribution in [2.24, 2.45) is 7.05 Å². The zero-order valence-electron chi connectivity index (χ0n) is 21.2. The molecule has 13 nitrogen and oxygen atoms in total. The minimum Gasteiger partial charge on any atom is -0.428 e. The van der Waals surface area contributed by atoms with Crippen LogP contribution in [0.15, 0.2) is 66.2 Å². The smallest absolute Gasteiger partial charge is 0.428 e. The van der Waals surface area contributed by atoms with Gasteiger partial charge < -0.3 is 4.42 Å². The molecule has 1 aromatic carbocycles. The number of hydrogen-bond acceptors (Lipinski definition) is 9. The lowest BCUT2D eigenvalue weighted by Crippen LogP contribution is -2.39. The number of pyridine rings is 1. The zero-order chi connectivity index (χ0) is 29.6. The second kappa shape index (κ2) is 10.3. The minimum absolute atomic E-state index is 0.0806. The third kappa shape index (κ3) is 4.93. The van der Waals surface area contributed by atoms with Crippen LogP contribution in [-0.4, -0.2) is 54.9 Å². The summed E-state index contributed by atoms with van der Waals surface area (Å²) in [5, 5.41) is 33.6. The van der Waals surface area contributed by atoms with Gasteiger partial charge in [0.2, 0.25) is 18.5 Å². The largest absolute Gasteiger partial charge is 0.436 e. The fraction of sp³-hybridized carbons (Fsp3) is 0.167. The Morgan fingerprint density at radius 2 is 1.93 bits per heavy atom. The van der Waals surface area contributed by atoms with Crippen LogP contribution in [0.25, 0.3) is 28.2 Å². The van der Waals surface area contributed by atoms with Gasteiger partial charge in [-0.3, -0.25) is 9.89 Å². The Labute approximate surface area is 237 Å². The van der Waals surface area contributed by atoms with Crippen molar-refractivity contribution in [3.8, 4) is 28.2 Å². The van der Waals surface area contributed by atoms with Gasteiger partial charge in [0.1, 0.15) is 12.4 Å². The van der Waals surface area contributed by atoms with Gasteiger partial charge in [-0.1, -0.05) is 16.8 Å². The molecule has 214 valence electrons. The Morgan fingerprint density at radius 1 is 1.10 bits per heavy atom. The number of benzene rings is 1. The van der Waals surface area contributed by atoms with E-state index in [-0.39, 0.29) is 39.8 Å². The summed E-state index contributed by atoms with van der Waals surface area (Å²) in [5.41, 5.74) is -0.572. The molecule has 0 aliphatic rings. The van der Waals surface area contributed by atoms with Gasteiger partial charge in [-0.25, -0.2) is 18.7 Å². The molecule has 5 heterocycles. The number of rotatable bonds is 7. The van der Waals surface area contributed by atoms with E-state index < -0.39 is 23.7 Å². The van der Waals surface area contributed by atoms with Crippen molar-refractivity contribution in [2.75, 3.05) is 0 Å². The standard InChI is InChI=1S/C24H17ClF4N11O2/c1-37-23(30-11-33-37)14-7-32-38(8-14)18(6-20-35-31-12-42-20)16-4-2-13(9-40(16)41)21-17(5-3-15(25)22(21)26)39-10-19(34-36-39)24(27,28)29/h2-5,7-12,18,41H,6H2,1H3/q+1. The number of halogens is 5. The lowest BCUT2D eigenvalue weighted by molar-refractivity contribution is -0.910. The average Bonchev–Trinajstić information content (AvgIpc) is 3.76. The summed E-state index contributed by atoms with van der Waals surface area (Å²) in [6.07, 6.45) is 2.98. The third-order valence-corrected chi connectivity index (χ3v) is 6.65. The number of hydrogen-bond donors (Lipinski definition) is 1. The quantitative estimate of drug-likeness (QED) is 0.165. The van der Waals surface area contributed by atoms with Gasteiger partial charge in [0, 0.05) is 24.0 Å².